The molecule has 1 heterocycles. The Kier molecular flexibility index (Phi) is 4.46. The number of anilines is 1. The van der Waals surface area contributed by atoms with E-state index in [1.54, 1.807) is 0 Å². The minimum Gasteiger partial charge on any atom is -0.486 e. The number of hydrogen-bond donors (Lipinski definition) is 2. The van der Waals surface area contributed by atoms with Gasteiger partial charge in [0.05, 0.1) is 0 Å². The second kappa shape index (κ2) is 7.05. The minimum atomic E-state index is 0.0688. The fourth-order valence-electron chi connectivity index (χ4n) is 3.22. The smallest absolute Gasteiger partial charge is 0.223 e. The molecule has 0 spiro atoms. The molecule has 0 radical (unpaired) electrons. The molecule has 2 atom stereocenters. The summed E-state index contributed by atoms with van der Waals surface area (Å²) in [6, 6.07) is 16.0. The summed E-state index contributed by atoms with van der Waals surface area (Å²) in [6.07, 6.45) is 0.900. The van der Waals surface area contributed by atoms with E-state index in [-0.39, 0.29) is 17.7 Å². The Balaban J connectivity index is 1.24. The molecule has 0 bridgehead atoms. The minimum absolute atomic E-state index is 0.0688. The number of ether oxygens (including phenoxy) is 2. The SMILES string of the molecule is O=C(NCCNc1ccccc1)[C@@H]1C[C@H]1c1ccc2c(c1)OCCO2. The van der Waals surface area contributed by atoms with Crippen molar-refractivity contribution in [2.45, 2.75) is 12.3 Å². The lowest BCUT2D eigenvalue weighted by Crippen LogP contribution is -2.30. The van der Waals surface area contributed by atoms with Gasteiger partial charge in [0.25, 0.3) is 0 Å². The van der Waals surface area contributed by atoms with Crippen molar-refractivity contribution >= 4 is 11.6 Å². The molecule has 4 rings (SSSR count). The molecule has 5 heteroatoms. The van der Waals surface area contributed by atoms with Crippen LogP contribution < -0.4 is 20.1 Å². The Bertz CT molecular complexity index is 748. The molecule has 2 aromatic carbocycles. The van der Waals surface area contributed by atoms with Crippen molar-refractivity contribution in [2.24, 2.45) is 5.92 Å². The predicted molar refractivity (Wildman–Crippen MR) is 96.2 cm³/mol. The normalized spacial score (nSPS) is 20.6. The van der Waals surface area contributed by atoms with Crippen LogP contribution in [-0.4, -0.2) is 32.2 Å². The van der Waals surface area contributed by atoms with Crippen LogP contribution in [-0.2, 0) is 4.79 Å². The first-order chi connectivity index (χ1) is 12.3. The Morgan fingerprint density at radius 3 is 2.64 bits per heavy atom. The van der Waals surface area contributed by atoms with Gasteiger partial charge < -0.3 is 20.1 Å². The van der Waals surface area contributed by atoms with Crippen molar-refractivity contribution in [3.05, 3.63) is 54.1 Å². The average Bonchev–Trinajstić information content (AvgIpc) is 3.46. The topological polar surface area (TPSA) is 59.6 Å². The van der Waals surface area contributed by atoms with E-state index in [4.69, 9.17) is 9.47 Å². The van der Waals surface area contributed by atoms with Gasteiger partial charge in [0.2, 0.25) is 5.91 Å². The van der Waals surface area contributed by atoms with Gasteiger partial charge in [0.15, 0.2) is 11.5 Å². The Morgan fingerprint density at radius 2 is 1.80 bits per heavy atom. The molecule has 2 aromatic rings. The van der Waals surface area contributed by atoms with Gasteiger partial charge in [-0.25, -0.2) is 0 Å². The molecule has 5 nitrogen and oxygen atoms in total. The molecule has 0 unspecified atom stereocenters. The summed E-state index contributed by atoms with van der Waals surface area (Å²) in [6.45, 7) is 2.52. The van der Waals surface area contributed by atoms with Gasteiger partial charge in [-0.3, -0.25) is 4.79 Å². The van der Waals surface area contributed by atoms with E-state index in [1.807, 2.05) is 48.5 Å². The first-order valence-corrected chi connectivity index (χ1v) is 8.77. The van der Waals surface area contributed by atoms with Crippen molar-refractivity contribution in [1.82, 2.24) is 5.32 Å². The van der Waals surface area contributed by atoms with Gasteiger partial charge in [-0.05, 0) is 42.2 Å². The van der Waals surface area contributed by atoms with Crippen LogP contribution in [0.5, 0.6) is 11.5 Å². The summed E-state index contributed by atoms with van der Waals surface area (Å²) in [5.41, 5.74) is 2.23. The third kappa shape index (κ3) is 3.71. The van der Waals surface area contributed by atoms with Crippen LogP contribution in [0.15, 0.2) is 48.5 Å². The van der Waals surface area contributed by atoms with Crippen LogP contribution in [0.25, 0.3) is 0 Å². The number of fused-ring (bicyclic) bond motifs is 1. The lowest BCUT2D eigenvalue weighted by molar-refractivity contribution is -0.122. The van der Waals surface area contributed by atoms with Gasteiger partial charge in [0, 0.05) is 24.7 Å². The zero-order chi connectivity index (χ0) is 17.1. The second-order valence-electron chi connectivity index (χ2n) is 6.44. The molecule has 1 amide bonds. The molecule has 1 aliphatic carbocycles. The van der Waals surface area contributed by atoms with Crippen molar-refractivity contribution in [3.8, 4) is 11.5 Å². The highest BCUT2D eigenvalue weighted by molar-refractivity contribution is 5.83. The number of carbonyl (C=O) groups excluding carboxylic acids is 1. The highest BCUT2D eigenvalue weighted by Crippen LogP contribution is 2.49. The first kappa shape index (κ1) is 15.8. The van der Waals surface area contributed by atoms with Crippen LogP contribution in [0.3, 0.4) is 0 Å². The predicted octanol–water partition coefficient (Wildman–Crippen LogP) is 2.79. The molecule has 25 heavy (non-hydrogen) atoms. The first-order valence-electron chi connectivity index (χ1n) is 8.77. The maximum Gasteiger partial charge on any atom is 0.223 e. The zero-order valence-electron chi connectivity index (χ0n) is 14.0. The lowest BCUT2D eigenvalue weighted by atomic mass is 10.1. The Morgan fingerprint density at radius 1 is 1.00 bits per heavy atom. The van der Waals surface area contributed by atoms with E-state index in [0.717, 1.165) is 35.7 Å². The molecule has 2 aliphatic rings. The average molecular weight is 338 g/mol. The summed E-state index contributed by atoms with van der Waals surface area (Å²) >= 11 is 0. The van der Waals surface area contributed by atoms with Crippen LogP contribution in [0.2, 0.25) is 0 Å². The molecule has 2 N–H and O–H groups in total. The number of nitrogens with one attached hydrogen (secondary N) is 2. The summed E-state index contributed by atoms with van der Waals surface area (Å²) in [7, 11) is 0. The largest absolute Gasteiger partial charge is 0.486 e. The molecular weight excluding hydrogens is 316 g/mol. The quantitative estimate of drug-likeness (QED) is 0.795. The molecular formula is C20H22N2O3. The number of benzene rings is 2. The highest BCUT2D eigenvalue weighted by Gasteiger charge is 2.44. The monoisotopic (exact) mass is 338 g/mol. The zero-order valence-corrected chi connectivity index (χ0v) is 14.0. The summed E-state index contributed by atoms with van der Waals surface area (Å²) in [5.74, 6) is 2.08. The van der Waals surface area contributed by atoms with Gasteiger partial charge in [0.1, 0.15) is 13.2 Å². The fourth-order valence-corrected chi connectivity index (χ4v) is 3.22. The second-order valence-corrected chi connectivity index (χ2v) is 6.44. The maximum absolute atomic E-state index is 12.3. The van der Waals surface area contributed by atoms with E-state index in [1.165, 1.54) is 0 Å². The molecule has 130 valence electrons. The third-order valence-corrected chi connectivity index (χ3v) is 4.65. The molecule has 1 aliphatic heterocycles. The van der Waals surface area contributed by atoms with Gasteiger partial charge >= 0.3 is 0 Å². The van der Waals surface area contributed by atoms with Gasteiger partial charge in [-0.1, -0.05) is 24.3 Å². The number of para-hydroxylation sites is 1. The van der Waals surface area contributed by atoms with Crippen molar-refractivity contribution in [1.29, 1.82) is 0 Å². The summed E-state index contributed by atoms with van der Waals surface area (Å²) < 4.78 is 11.2. The summed E-state index contributed by atoms with van der Waals surface area (Å²) in [5, 5.41) is 6.31. The van der Waals surface area contributed by atoms with Crippen LogP contribution >= 0.6 is 0 Å². The standard InChI is InChI=1S/C20H22N2O3/c23-20(22-9-8-21-15-4-2-1-3-5-15)17-13-16(17)14-6-7-18-19(12-14)25-11-10-24-18/h1-7,12,16-17,21H,8-11,13H2,(H,22,23)/t16-,17+/m0/s1. The third-order valence-electron chi connectivity index (χ3n) is 4.65. The van der Waals surface area contributed by atoms with Gasteiger partial charge in [-0.2, -0.15) is 0 Å². The van der Waals surface area contributed by atoms with Crippen LogP contribution in [0, 0.1) is 5.92 Å². The van der Waals surface area contributed by atoms with E-state index >= 15 is 0 Å². The Labute approximate surface area is 147 Å². The summed E-state index contributed by atoms with van der Waals surface area (Å²) in [4.78, 5) is 12.3. The number of amides is 1. The highest BCUT2D eigenvalue weighted by atomic mass is 16.6. The van der Waals surface area contributed by atoms with Gasteiger partial charge in [-0.15, -0.1) is 0 Å². The van der Waals surface area contributed by atoms with Crippen molar-refractivity contribution in [2.75, 3.05) is 31.6 Å². The molecule has 1 fully saturated rings. The Hall–Kier alpha value is -2.69. The number of hydrogen-bond acceptors (Lipinski definition) is 4. The van der Waals surface area contributed by atoms with Crippen LogP contribution in [0.1, 0.15) is 17.9 Å². The maximum atomic E-state index is 12.3. The van der Waals surface area contributed by atoms with E-state index in [0.29, 0.717) is 19.8 Å². The molecule has 1 saturated carbocycles. The number of carbonyl (C=O) groups is 1. The van der Waals surface area contributed by atoms with E-state index in [2.05, 4.69) is 10.6 Å². The number of rotatable bonds is 6. The van der Waals surface area contributed by atoms with Crippen molar-refractivity contribution in [3.63, 3.8) is 0 Å². The van der Waals surface area contributed by atoms with E-state index < -0.39 is 0 Å². The molecule has 0 aromatic heterocycles. The van der Waals surface area contributed by atoms with Crippen molar-refractivity contribution < 1.29 is 14.3 Å². The fraction of sp³-hybridized carbons (Fsp3) is 0.350. The molecule has 0 saturated heterocycles. The van der Waals surface area contributed by atoms with Crippen LogP contribution in [0.4, 0.5) is 5.69 Å². The lowest BCUT2D eigenvalue weighted by Gasteiger charge is -2.18. The van der Waals surface area contributed by atoms with E-state index in [9.17, 15) is 4.79 Å².